The van der Waals surface area contributed by atoms with Gasteiger partial charge in [-0.2, -0.15) is 0 Å². The van der Waals surface area contributed by atoms with Gasteiger partial charge < -0.3 is 4.74 Å². The Morgan fingerprint density at radius 1 is 1.57 bits per heavy atom. The van der Waals surface area contributed by atoms with Gasteiger partial charge in [0.2, 0.25) is 0 Å². The van der Waals surface area contributed by atoms with Crippen molar-refractivity contribution in [2.24, 2.45) is 5.92 Å². The van der Waals surface area contributed by atoms with Gasteiger partial charge in [-0.15, -0.1) is 11.3 Å². The van der Waals surface area contributed by atoms with Gasteiger partial charge in [-0.1, -0.05) is 0 Å². The zero-order valence-corrected chi connectivity index (χ0v) is 11.2. The molecule has 2 heterocycles. The summed E-state index contributed by atoms with van der Waals surface area (Å²) in [6.45, 7) is 1.29. The normalized spacial score (nSPS) is 21.4. The quantitative estimate of drug-likeness (QED) is 0.771. The van der Waals surface area contributed by atoms with E-state index in [1.165, 1.54) is 11.3 Å². The first-order chi connectivity index (χ1) is 6.68. The van der Waals surface area contributed by atoms with E-state index in [2.05, 4.69) is 31.9 Å². The minimum Gasteiger partial charge on any atom is -0.381 e. The molecule has 0 amide bonds. The summed E-state index contributed by atoms with van der Waals surface area (Å²) in [6.07, 6.45) is 0.853. The largest absolute Gasteiger partial charge is 0.381 e. The molecule has 14 heavy (non-hydrogen) atoms. The summed E-state index contributed by atoms with van der Waals surface area (Å²) >= 11 is 8.23. The molecule has 1 saturated heterocycles. The highest BCUT2D eigenvalue weighted by molar-refractivity contribution is 9.13. The van der Waals surface area contributed by atoms with Crippen molar-refractivity contribution in [1.29, 1.82) is 0 Å². The van der Waals surface area contributed by atoms with Gasteiger partial charge in [0.25, 0.3) is 0 Å². The summed E-state index contributed by atoms with van der Waals surface area (Å²) in [5.41, 5.74) is 0. The van der Waals surface area contributed by atoms with E-state index in [1.807, 2.05) is 6.07 Å². The molecule has 1 aromatic heterocycles. The average Bonchev–Trinajstić information content (AvgIpc) is 2.76. The predicted molar refractivity (Wildman–Crippen MR) is 63.0 cm³/mol. The molecule has 0 aliphatic carbocycles. The number of hydrogen-bond donors (Lipinski definition) is 0. The average molecular weight is 340 g/mol. The molecule has 1 aliphatic rings. The number of ketones is 1. The Hall–Kier alpha value is 0.290. The van der Waals surface area contributed by atoms with Crippen LogP contribution in [-0.4, -0.2) is 19.0 Å². The summed E-state index contributed by atoms with van der Waals surface area (Å²) in [5, 5.41) is 0. The van der Waals surface area contributed by atoms with Gasteiger partial charge in [0, 0.05) is 17.0 Å². The smallest absolute Gasteiger partial charge is 0.178 e. The van der Waals surface area contributed by atoms with Crippen molar-refractivity contribution in [3.8, 4) is 0 Å². The molecule has 1 atom stereocenters. The molecule has 5 heteroatoms. The highest BCUT2D eigenvalue weighted by Crippen LogP contribution is 2.34. The number of ether oxygens (including phenoxy) is 1. The van der Waals surface area contributed by atoms with E-state index in [0.29, 0.717) is 13.2 Å². The van der Waals surface area contributed by atoms with Crippen LogP contribution in [0.5, 0.6) is 0 Å². The summed E-state index contributed by atoms with van der Waals surface area (Å²) in [7, 11) is 0. The maximum atomic E-state index is 11.9. The van der Waals surface area contributed by atoms with E-state index in [-0.39, 0.29) is 11.7 Å². The Labute approximate surface area is 103 Å². The third-order valence-corrected chi connectivity index (χ3v) is 5.46. The number of halogens is 2. The molecule has 0 saturated carbocycles. The van der Waals surface area contributed by atoms with Crippen LogP contribution in [0.15, 0.2) is 14.3 Å². The first-order valence-electron chi connectivity index (χ1n) is 4.25. The van der Waals surface area contributed by atoms with E-state index >= 15 is 0 Å². The van der Waals surface area contributed by atoms with Crippen LogP contribution >= 0.6 is 43.2 Å². The van der Waals surface area contributed by atoms with E-state index in [1.54, 1.807) is 0 Å². The highest BCUT2D eigenvalue weighted by Gasteiger charge is 2.26. The highest BCUT2D eigenvalue weighted by atomic mass is 79.9. The van der Waals surface area contributed by atoms with Crippen molar-refractivity contribution in [2.75, 3.05) is 13.2 Å². The molecule has 2 nitrogen and oxygen atoms in total. The van der Waals surface area contributed by atoms with Crippen LogP contribution < -0.4 is 0 Å². The fourth-order valence-corrected chi connectivity index (χ4v) is 3.46. The number of carbonyl (C=O) groups excluding carboxylic acids is 1. The first-order valence-corrected chi connectivity index (χ1v) is 6.65. The van der Waals surface area contributed by atoms with Gasteiger partial charge in [-0.3, -0.25) is 4.79 Å². The molecule has 1 fully saturated rings. The Bertz CT molecular complexity index is 336. The summed E-state index contributed by atoms with van der Waals surface area (Å²) in [4.78, 5) is 12.7. The zero-order chi connectivity index (χ0) is 10.1. The Morgan fingerprint density at radius 2 is 2.36 bits per heavy atom. The molecule has 76 valence electrons. The number of rotatable bonds is 2. The van der Waals surface area contributed by atoms with Crippen LogP contribution in [0.2, 0.25) is 0 Å². The van der Waals surface area contributed by atoms with Crippen LogP contribution in [0, 0.1) is 5.92 Å². The molecule has 2 rings (SSSR count). The lowest BCUT2D eigenvalue weighted by Gasteiger charge is -2.02. The van der Waals surface area contributed by atoms with Gasteiger partial charge in [-0.05, 0) is 44.3 Å². The van der Waals surface area contributed by atoms with Crippen molar-refractivity contribution in [3.63, 3.8) is 0 Å². The van der Waals surface area contributed by atoms with Gasteiger partial charge in [0.1, 0.15) is 0 Å². The number of Topliss-reactive ketones (excluding diaryl/α,β-unsaturated/α-hetero) is 1. The summed E-state index contributed by atoms with van der Waals surface area (Å²) in [5.74, 6) is 0.270. The van der Waals surface area contributed by atoms with E-state index in [4.69, 9.17) is 4.74 Å². The number of thiophene rings is 1. The molecule has 0 bridgehead atoms. The monoisotopic (exact) mass is 338 g/mol. The second-order valence-electron chi connectivity index (χ2n) is 3.16. The Kier molecular flexibility index (Phi) is 3.42. The number of hydrogen-bond acceptors (Lipinski definition) is 3. The minimum absolute atomic E-state index is 0.0625. The number of carbonyl (C=O) groups is 1. The van der Waals surface area contributed by atoms with Crippen LogP contribution in [0.4, 0.5) is 0 Å². The van der Waals surface area contributed by atoms with Crippen molar-refractivity contribution in [1.82, 2.24) is 0 Å². The van der Waals surface area contributed by atoms with Gasteiger partial charge in [0.15, 0.2) is 5.78 Å². The third kappa shape index (κ3) is 2.10. The van der Waals surface area contributed by atoms with E-state index < -0.39 is 0 Å². The fraction of sp³-hybridized carbons (Fsp3) is 0.444. The third-order valence-electron chi connectivity index (χ3n) is 2.19. The standard InChI is InChI=1S/C9H8Br2O2S/c10-6-3-7(14-9(6)11)8(12)5-1-2-13-4-5/h3,5H,1-2,4H2. The molecule has 0 radical (unpaired) electrons. The van der Waals surface area contributed by atoms with Crippen molar-refractivity contribution >= 4 is 49.0 Å². The molecule has 1 unspecified atom stereocenters. The maximum absolute atomic E-state index is 11.9. The Morgan fingerprint density at radius 3 is 2.86 bits per heavy atom. The van der Waals surface area contributed by atoms with Gasteiger partial charge in [0.05, 0.1) is 15.3 Å². The second kappa shape index (κ2) is 4.43. The zero-order valence-electron chi connectivity index (χ0n) is 7.26. The van der Waals surface area contributed by atoms with E-state index in [0.717, 1.165) is 19.6 Å². The van der Waals surface area contributed by atoms with Gasteiger partial charge >= 0.3 is 0 Å². The van der Waals surface area contributed by atoms with Crippen LogP contribution in [-0.2, 0) is 4.74 Å². The van der Waals surface area contributed by atoms with Crippen molar-refractivity contribution < 1.29 is 9.53 Å². The SMILES string of the molecule is O=C(c1cc(Br)c(Br)s1)C1CCOC1. The lowest BCUT2D eigenvalue weighted by atomic mass is 10.0. The predicted octanol–water partition coefficient (Wildman–Crippen LogP) is 3.49. The summed E-state index contributed by atoms with van der Waals surface area (Å²) < 4.78 is 7.12. The van der Waals surface area contributed by atoms with Gasteiger partial charge in [-0.25, -0.2) is 0 Å². The van der Waals surface area contributed by atoms with Crippen molar-refractivity contribution in [2.45, 2.75) is 6.42 Å². The minimum atomic E-state index is 0.0625. The molecule has 1 aromatic rings. The van der Waals surface area contributed by atoms with Crippen molar-refractivity contribution in [3.05, 3.63) is 19.2 Å². The van der Waals surface area contributed by atoms with Crippen LogP contribution in [0.3, 0.4) is 0 Å². The lowest BCUT2D eigenvalue weighted by Crippen LogP contribution is -2.12. The molecule has 0 spiro atoms. The molecule has 1 aliphatic heterocycles. The molecular weight excluding hydrogens is 332 g/mol. The summed E-state index contributed by atoms with van der Waals surface area (Å²) in [6, 6.07) is 1.87. The fourth-order valence-electron chi connectivity index (χ4n) is 1.41. The first kappa shape index (κ1) is 10.8. The molecular formula is C9H8Br2O2S. The van der Waals surface area contributed by atoms with E-state index in [9.17, 15) is 4.79 Å². The lowest BCUT2D eigenvalue weighted by molar-refractivity contribution is 0.0904. The van der Waals surface area contributed by atoms with Crippen LogP contribution in [0.25, 0.3) is 0 Å². The maximum Gasteiger partial charge on any atom is 0.178 e. The molecule has 0 aromatic carbocycles. The second-order valence-corrected chi connectivity index (χ2v) is 6.38. The molecule has 0 N–H and O–H groups in total. The topological polar surface area (TPSA) is 26.3 Å². The Balaban J connectivity index is 2.18. The van der Waals surface area contributed by atoms with Crippen LogP contribution in [0.1, 0.15) is 16.1 Å².